The van der Waals surface area contributed by atoms with Crippen LogP contribution in [0.15, 0.2) is 60.8 Å². The minimum atomic E-state index is -2.74. The van der Waals surface area contributed by atoms with Crippen molar-refractivity contribution in [3.8, 4) is 0 Å². The molecular weight excluding hydrogens is 384 g/mol. The highest BCUT2D eigenvalue weighted by molar-refractivity contribution is 6.30. The third-order valence-electron chi connectivity index (χ3n) is 3.10. The van der Waals surface area contributed by atoms with Crippen LogP contribution in [0.25, 0.3) is 0 Å². The summed E-state index contributed by atoms with van der Waals surface area (Å²) in [6, 6.07) is 12.4. The highest BCUT2D eigenvalue weighted by Crippen LogP contribution is 2.25. The van der Waals surface area contributed by atoms with Gasteiger partial charge >= 0.3 is 11.9 Å². The number of ether oxygens (including phenoxy) is 1. The number of nitrogens with zero attached hydrogens (tertiary/aromatic N) is 2. The van der Waals surface area contributed by atoms with Gasteiger partial charge in [-0.25, -0.2) is 9.59 Å². The van der Waals surface area contributed by atoms with E-state index in [1.165, 1.54) is 0 Å². The van der Waals surface area contributed by atoms with Gasteiger partial charge in [0.25, 0.3) is 0 Å². The number of hydrogen-bond donors (Lipinski definition) is 2. The van der Waals surface area contributed by atoms with Crippen molar-refractivity contribution in [1.82, 2.24) is 9.88 Å². The molecule has 28 heavy (non-hydrogen) atoms. The van der Waals surface area contributed by atoms with Crippen LogP contribution >= 0.6 is 11.6 Å². The van der Waals surface area contributed by atoms with Crippen molar-refractivity contribution in [2.75, 3.05) is 27.1 Å². The minimum Gasteiger partial charge on any atom is -0.478 e. The fourth-order valence-electron chi connectivity index (χ4n) is 1.93. The molecule has 0 saturated heterocycles. The van der Waals surface area contributed by atoms with Crippen LogP contribution in [0.3, 0.4) is 0 Å². The lowest BCUT2D eigenvalue weighted by molar-refractivity contribution is -0.134. The summed E-state index contributed by atoms with van der Waals surface area (Å²) in [6.45, 7) is -5.85. The van der Waals surface area contributed by atoms with Crippen molar-refractivity contribution >= 4 is 23.5 Å². The van der Waals surface area contributed by atoms with Gasteiger partial charge in [0.2, 0.25) is 0 Å². The van der Waals surface area contributed by atoms with Crippen molar-refractivity contribution in [3.63, 3.8) is 0 Å². The molecule has 1 unspecified atom stereocenters. The maximum atomic E-state index is 9.55. The summed E-state index contributed by atoms with van der Waals surface area (Å²) in [6.07, 6.45) is 2.17. The molecule has 2 aromatic rings. The zero-order valence-corrected chi connectivity index (χ0v) is 15.4. The molecular formula is C20H23ClN2O5. The first-order valence-corrected chi connectivity index (χ1v) is 8.29. The quantitative estimate of drug-likeness (QED) is 0.642. The minimum absolute atomic E-state index is 0.0966. The molecule has 8 heteroatoms. The molecule has 1 heterocycles. The van der Waals surface area contributed by atoms with Crippen molar-refractivity contribution in [3.05, 3.63) is 77.1 Å². The SMILES string of the molecule is O=C(O)/C=C/C(=O)O.[2H]C([2H])([2H])N(CCOC(c1ccc(Cl)cc1)c1ccccn1)C([2H])([2H])[2H]. The fourth-order valence-corrected chi connectivity index (χ4v) is 2.05. The molecule has 0 amide bonds. The van der Waals surface area contributed by atoms with E-state index in [-0.39, 0.29) is 13.2 Å². The molecule has 1 aromatic carbocycles. The van der Waals surface area contributed by atoms with Crippen LogP contribution in [0.4, 0.5) is 0 Å². The first-order chi connectivity index (χ1) is 15.7. The van der Waals surface area contributed by atoms with Gasteiger partial charge in [-0.3, -0.25) is 4.98 Å². The van der Waals surface area contributed by atoms with Gasteiger partial charge < -0.3 is 19.8 Å². The molecule has 0 aliphatic rings. The molecule has 0 saturated carbocycles. The van der Waals surface area contributed by atoms with Crippen LogP contribution in [-0.4, -0.2) is 59.1 Å². The molecule has 0 aliphatic heterocycles. The predicted molar refractivity (Wildman–Crippen MR) is 106 cm³/mol. The van der Waals surface area contributed by atoms with E-state index in [1.54, 1.807) is 42.6 Å². The van der Waals surface area contributed by atoms with Crippen LogP contribution in [0.1, 0.15) is 25.6 Å². The predicted octanol–water partition coefficient (Wildman–Crippen LogP) is 3.11. The fraction of sp³-hybridized carbons (Fsp3) is 0.250. The summed E-state index contributed by atoms with van der Waals surface area (Å²) >= 11 is 5.92. The van der Waals surface area contributed by atoms with Crippen molar-refractivity contribution < 1.29 is 32.8 Å². The number of aliphatic carboxylic acids is 2. The van der Waals surface area contributed by atoms with E-state index in [2.05, 4.69) is 4.98 Å². The highest BCUT2D eigenvalue weighted by Gasteiger charge is 2.15. The summed E-state index contributed by atoms with van der Waals surface area (Å²) in [5.41, 5.74) is 1.41. The molecule has 1 atom stereocenters. The normalized spacial score (nSPS) is 15.8. The topological polar surface area (TPSA) is 100.0 Å². The van der Waals surface area contributed by atoms with E-state index < -0.39 is 32.0 Å². The molecule has 7 nitrogen and oxygen atoms in total. The van der Waals surface area contributed by atoms with Crippen molar-refractivity contribution in [2.45, 2.75) is 6.10 Å². The number of carboxylic acids is 2. The second-order valence-corrected chi connectivity index (χ2v) is 5.65. The lowest BCUT2D eigenvalue weighted by Crippen LogP contribution is -2.20. The van der Waals surface area contributed by atoms with E-state index in [0.717, 1.165) is 5.56 Å². The average molecular weight is 413 g/mol. The van der Waals surface area contributed by atoms with Gasteiger partial charge in [0.05, 0.1) is 12.3 Å². The summed E-state index contributed by atoms with van der Waals surface area (Å²) in [7, 11) is 0. The second kappa shape index (κ2) is 12.6. The maximum absolute atomic E-state index is 9.55. The Morgan fingerprint density at radius 3 is 2.32 bits per heavy atom. The van der Waals surface area contributed by atoms with E-state index in [4.69, 9.17) is 34.8 Å². The molecule has 0 fully saturated rings. The Labute approximate surface area is 177 Å². The molecule has 2 rings (SSSR count). The summed E-state index contributed by atoms with van der Waals surface area (Å²) in [5.74, 6) is -2.51. The van der Waals surface area contributed by atoms with Crippen LogP contribution < -0.4 is 0 Å². The molecule has 2 N–H and O–H groups in total. The van der Waals surface area contributed by atoms with Gasteiger partial charge in [0.1, 0.15) is 6.10 Å². The van der Waals surface area contributed by atoms with E-state index >= 15 is 0 Å². The molecule has 150 valence electrons. The zero-order chi connectivity index (χ0) is 25.9. The van der Waals surface area contributed by atoms with Crippen molar-refractivity contribution in [2.24, 2.45) is 0 Å². The standard InChI is InChI=1S/C16H19ClN2O.C4H4O4/c1-19(2)11-12-20-16(15-5-3-4-10-18-15)13-6-8-14(17)9-7-13;5-3(6)1-2-4(7)8/h3-10,16H,11-12H2,1-2H3;1-2H,(H,5,6)(H,7,8)/b;2-1+/i1D3,2D3;. The Bertz CT molecular complexity index is 923. The second-order valence-electron chi connectivity index (χ2n) is 5.22. The third-order valence-corrected chi connectivity index (χ3v) is 3.35. The molecule has 0 aliphatic carbocycles. The van der Waals surface area contributed by atoms with E-state index in [0.29, 0.717) is 27.8 Å². The summed E-state index contributed by atoms with van der Waals surface area (Å²) in [4.78, 5) is 23.9. The number of halogens is 1. The monoisotopic (exact) mass is 412 g/mol. The van der Waals surface area contributed by atoms with Gasteiger partial charge in [0, 0.05) is 38.1 Å². The lowest BCUT2D eigenvalue weighted by atomic mass is 10.1. The van der Waals surface area contributed by atoms with Crippen LogP contribution in [0.5, 0.6) is 0 Å². The molecule has 0 radical (unpaired) electrons. The number of aromatic nitrogens is 1. The highest BCUT2D eigenvalue weighted by atomic mass is 35.5. The Balaban J connectivity index is 0.000000620. The maximum Gasteiger partial charge on any atom is 0.328 e. The number of pyridine rings is 1. The van der Waals surface area contributed by atoms with E-state index in [9.17, 15) is 9.59 Å². The smallest absolute Gasteiger partial charge is 0.328 e. The van der Waals surface area contributed by atoms with Crippen molar-refractivity contribution in [1.29, 1.82) is 0 Å². The largest absolute Gasteiger partial charge is 0.478 e. The average Bonchev–Trinajstić information content (AvgIpc) is 2.72. The molecule has 0 spiro atoms. The molecule has 1 aromatic heterocycles. The Hall–Kier alpha value is -2.74. The van der Waals surface area contributed by atoms with E-state index in [1.807, 2.05) is 6.07 Å². The van der Waals surface area contributed by atoms with Gasteiger partial charge in [-0.1, -0.05) is 29.8 Å². The lowest BCUT2D eigenvalue weighted by Gasteiger charge is -2.19. The number of rotatable bonds is 8. The Morgan fingerprint density at radius 1 is 1.18 bits per heavy atom. The Morgan fingerprint density at radius 2 is 1.82 bits per heavy atom. The first-order valence-electron chi connectivity index (χ1n) is 10.9. The van der Waals surface area contributed by atoms with Gasteiger partial charge in [-0.15, -0.1) is 0 Å². The molecule has 0 bridgehead atoms. The van der Waals surface area contributed by atoms with Gasteiger partial charge in [-0.05, 0) is 43.8 Å². The van der Waals surface area contributed by atoms with Crippen LogP contribution in [-0.2, 0) is 14.3 Å². The number of carbonyl (C=O) groups is 2. The zero-order valence-electron chi connectivity index (χ0n) is 20.7. The third kappa shape index (κ3) is 9.82. The Kier molecular flexibility index (Phi) is 6.85. The number of hydrogen-bond acceptors (Lipinski definition) is 5. The first kappa shape index (κ1) is 15.2. The summed E-state index contributed by atoms with van der Waals surface area (Å²) in [5, 5.41) is 16.2. The number of carboxylic acid groups (broad SMARTS) is 2. The summed E-state index contributed by atoms with van der Waals surface area (Å²) < 4.78 is 50.2. The number of benzene rings is 1. The van der Waals surface area contributed by atoms with Crippen LogP contribution in [0, 0.1) is 0 Å². The van der Waals surface area contributed by atoms with Gasteiger partial charge in [-0.2, -0.15) is 0 Å². The van der Waals surface area contributed by atoms with Crippen LogP contribution in [0.2, 0.25) is 5.02 Å². The van der Waals surface area contributed by atoms with Gasteiger partial charge in [0.15, 0.2) is 0 Å². The number of likely N-dealkylation sites (N-methyl/N-ethyl adjacent to an activating group) is 1.